The number of nitrogens with zero attached hydrogens (tertiary/aromatic N) is 2. The van der Waals surface area contributed by atoms with Crippen LogP contribution in [0.2, 0.25) is 0 Å². The largest absolute Gasteiger partial charge is 0.325 e. The first kappa shape index (κ1) is 11.0. The summed E-state index contributed by atoms with van der Waals surface area (Å²) in [5.74, 6) is 1.35. The number of rotatable bonds is 3. The van der Waals surface area contributed by atoms with Crippen molar-refractivity contribution in [1.29, 1.82) is 0 Å². The molecule has 1 saturated carbocycles. The van der Waals surface area contributed by atoms with Gasteiger partial charge in [-0.2, -0.15) is 0 Å². The van der Waals surface area contributed by atoms with E-state index < -0.39 is 0 Å². The zero-order chi connectivity index (χ0) is 11.8. The number of hydrogen-bond acceptors (Lipinski definition) is 1. The molecule has 0 spiro atoms. The van der Waals surface area contributed by atoms with E-state index in [1.807, 2.05) is 0 Å². The summed E-state index contributed by atoms with van der Waals surface area (Å²) in [5.41, 5.74) is 1.79. The van der Waals surface area contributed by atoms with E-state index in [9.17, 15) is 4.39 Å². The Labute approximate surface area is 104 Å². The molecule has 0 unspecified atom stereocenters. The Morgan fingerprint density at radius 2 is 2.24 bits per heavy atom. The van der Waals surface area contributed by atoms with Crippen molar-refractivity contribution in [3.8, 4) is 0 Å². The quantitative estimate of drug-likeness (QED) is 0.762. The second kappa shape index (κ2) is 4.30. The van der Waals surface area contributed by atoms with Crippen LogP contribution in [0.15, 0.2) is 18.2 Å². The second-order valence-corrected chi connectivity index (χ2v) is 4.93. The minimum atomic E-state index is -0.199. The molecule has 0 amide bonds. The molecule has 2 nitrogen and oxygen atoms in total. The normalized spacial score (nSPS) is 16.4. The summed E-state index contributed by atoms with van der Waals surface area (Å²) < 4.78 is 15.5. The number of hydrogen-bond donors (Lipinski definition) is 0. The van der Waals surface area contributed by atoms with E-state index in [0.29, 0.717) is 11.9 Å². The molecule has 0 atom stereocenters. The summed E-state index contributed by atoms with van der Waals surface area (Å²) in [5, 5.41) is 0. The van der Waals surface area contributed by atoms with Gasteiger partial charge < -0.3 is 4.57 Å². The molecule has 4 heteroatoms. The van der Waals surface area contributed by atoms with Crippen molar-refractivity contribution in [3.63, 3.8) is 0 Å². The molecular weight excluding hydrogens is 239 g/mol. The molecule has 1 aliphatic rings. The van der Waals surface area contributed by atoms with E-state index in [1.54, 1.807) is 12.1 Å². The number of imidazole rings is 1. The minimum Gasteiger partial charge on any atom is -0.325 e. The molecule has 1 fully saturated rings. The number of aromatic nitrogens is 2. The average Bonchev–Trinajstić information content (AvgIpc) is 2.56. The summed E-state index contributed by atoms with van der Waals surface area (Å²) in [4.78, 5) is 4.56. The standard InChI is InChI=1S/C13H14ClFN2/c14-7-6-13-16-11-5-4-9(15)8-12(11)17(13)10-2-1-3-10/h4-5,8,10H,1-3,6-7H2. The van der Waals surface area contributed by atoms with E-state index in [-0.39, 0.29) is 5.82 Å². The van der Waals surface area contributed by atoms with Crippen molar-refractivity contribution in [2.45, 2.75) is 31.7 Å². The van der Waals surface area contributed by atoms with E-state index in [0.717, 1.165) is 36.1 Å². The monoisotopic (exact) mass is 252 g/mol. The Hall–Kier alpha value is -1.09. The smallest absolute Gasteiger partial charge is 0.125 e. The lowest BCUT2D eigenvalue weighted by Crippen LogP contribution is -2.19. The molecule has 1 heterocycles. The number of benzene rings is 1. The number of aryl methyl sites for hydroxylation is 1. The van der Waals surface area contributed by atoms with Crippen molar-refractivity contribution in [1.82, 2.24) is 9.55 Å². The van der Waals surface area contributed by atoms with Gasteiger partial charge in [0.15, 0.2) is 0 Å². The lowest BCUT2D eigenvalue weighted by molar-refractivity contribution is 0.313. The summed E-state index contributed by atoms with van der Waals surface area (Å²) in [6, 6.07) is 5.28. The molecule has 3 rings (SSSR count). The zero-order valence-electron chi connectivity index (χ0n) is 9.50. The van der Waals surface area contributed by atoms with Crippen LogP contribution < -0.4 is 0 Å². The average molecular weight is 253 g/mol. The van der Waals surface area contributed by atoms with Gasteiger partial charge in [0.05, 0.1) is 11.0 Å². The van der Waals surface area contributed by atoms with Gasteiger partial charge in [-0.3, -0.25) is 0 Å². The van der Waals surface area contributed by atoms with Crippen LogP contribution in [-0.2, 0) is 6.42 Å². The maximum atomic E-state index is 13.3. The van der Waals surface area contributed by atoms with Crippen LogP contribution in [0, 0.1) is 5.82 Å². The summed E-state index contributed by atoms with van der Waals surface area (Å²) >= 11 is 5.81. The van der Waals surface area contributed by atoms with E-state index >= 15 is 0 Å². The van der Waals surface area contributed by atoms with Crippen LogP contribution in [0.5, 0.6) is 0 Å². The van der Waals surface area contributed by atoms with Crippen molar-refractivity contribution >= 4 is 22.6 Å². The molecule has 1 aromatic carbocycles. The fraction of sp³-hybridized carbons (Fsp3) is 0.462. The first-order chi connectivity index (χ1) is 8.29. The maximum absolute atomic E-state index is 13.3. The Morgan fingerprint density at radius 1 is 1.41 bits per heavy atom. The predicted molar refractivity (Wildman–Crippen MR) is 67.0 cm³/mol. The van der Waals surface area contributed by atoms with Gasteiger partial charge >= 0.3 is 0 Å². The van der Waals surface area contributed by atoms with Crippen LogP contribution in [0.4, 0.5) is 4.39 Å². The first-order valence-corrected chi connectivity index (χ1v) is 6.55. The molecular formula is C13H14ClFN2. The van der Waals surface area contributed by atoms with Gasteiger partial charge in [0.2, 0.25) is 0 Å². The third-order valence-electron chi connectivity index (χ3n) is 3.48. The minimum absolute atomic E-state index is 0.199. The van der Waals surface area contributed by atoms with Crippen LogP contribution in [0.25, 0.3) is 11.0 Å². The van der Waals surface area contributed by atoms with Gasteiger partial charge in [0, 0.05) is 18.3 Å². The molecule has 1 aliphatic carbocycles. The van der Waals surface area contributed by atoms with Gasteiger partial charge in [0.1, 0.15) is 11.6 Å². The zero-order valence-corrected chi connectivity index (χ0v) is 10.3. The highest BCUT2D eigenvalue weighted by molar-refractivity contribution is 6.17. The summed E-state index contributed by atoms with van der Waals surface area (Å²) in [6.07, 6.45) is 4.32. The summed E-state index contributed by atoms with van der Waals surface area (Å²) in [6.45, 7) is 0. The third kappa shape index (κ3) is 1.82. The van der Waals surface area contributed by atoms with E-state index in [4.69, 9.17) is 11.6 Å². The highest BCUT2D eigenvalue weighted by Crippen LogP contribution is 2.35. The number of fused-ring (bicyclic) bond motifs is 1. The molecule has 17 heavy (non-hydrogen) atoms. The number of halogens is 2. The van der Waals surface area contributed by atoms with E-state index in [1.165, 1.54) is 12.5 Å². The molecule has 0 radical (unpaired) electrons. The lowest BCUT2D eigenvalue weighted by Gasteiger charge is -2.29. The van der Waals surface area contributed by atoms with Crippen LogP contribution in [-0.4, -0.2) is 15.4 Å². The molecule has 1 aromatic heterocycles. The van der Waals surface area contributed by atoms with E-state index in [2.05, 4.69) is 9.55 Å². The molecule has 0 bridgehead atoms. The fourth-order valence-corrected chi connectivity index (χ4v) is 2.60. The maximum Gasteiger partial charge on any atom is 0.125 e. The van der Waals surface area contributed by atoms with Gasteiger partial charge in [0.25, 0.3) is 0 Å². The molecule has 90 valence electrons. The highest BCUT2D eigenvalue weighted by atomic mass is 35.5. The topological polar surface area (TPSA) is 17.8 Å². The molecule has 0 N–H and O–H groups in total. The van der Waals surface area contributed by atoms with Crippen molar-refractivity contribution in [3.05, 3.63) is 29.8 Å². The van der Waals surface area contributed by atoms with Crippen molar-refractivity contribution in [2.75, 3.05) is 5.88 Å². The fourth-order valence-electron chi connectivity index (χ4n) is 2.43. The molecule has 0 saturated heterocycles. The second-order valence-electron chi connectivity index (χ2n) is 4.55. The van der Waals surface area contributed by atoms with Crippen LogP contribution >= 0.6 is 11.6 Å². The van der Waals surface area contributed by atoms with Gasteiger partial charge in [-0.05, 0) is 37.5 Å². The predicted octanol–water partition coefficient (Wildman–Crippen LogP) is 3.68. The molecule has 0 aliphatic heterocycles. The Balaban J connectivity index is 2.17. The van der Waals surface area contributed by atoms with Gasteiger partial charge in [-0.25, -0.2) is 9.37 Å². The van der Waals surface area contributed by atoms with Crippen molar-refractivity contribution < 1.29 is 4.39 Å². The lowest BCUT2D eigenvalue weighted by atomic mass is 9.92. The van der Waals surface area contributed by atoms with Gasteiger partial charge in [-0.1, -0.05) is 0 Å². The Bertz CT molecular complexity index is 546. The van der Waals surface area contributed by atoms with Crippen molar-refractivity contribution in [2.24, 2.45) is 0 Å². The Morgan fingerprint density at radius 3 is 2.88 bits per heavy atom. The molecule has 2 aromatic rings. The third-order valence-corrected chi connectivity index (χ3v) is 3.67. The number of alkyl halides is 1. The Kier molecular flexibility index (Phi) is 2.79. The van der Waals surface area contributed by atoms with Crippen LogP contribution in [0.3, 0.4) is 0 Å². The summed E-state index contributed by atoms with van der Waals surface area (Å²) in [7, 11) is 0. The van der Waals surface area contributed by atoms with Crippen LogP contribution in [0.1, 0.15) is 31.1 Å². The SMILES string of the molecule is Fc1ccc2nc(CCCl)n(C3CCC3)c2c1. The van der Waals surface area contributed by atoms with Gasteiger partial charge in [-0.15, -0.1) is 11.6 Å². The first-order valence-electron chi connectivity index (χ1n) is 6.02. The highest BCUT2D eigenvalue weighted by Gasteiger charge is 2.24.